The zero-order valence-electron chi connectivity index (χ0n) is 27.0. The van der Waals surface area contributed by atoms with Gasteiger partial charge in [0.2, 0.25) is 5.96 Å². The van der Waals surface area contributed by atoms with E-state index < -0.39 is 35.0 Å². The van der Waals surface area contributed by atoms with Gasteiger partial charge >= 0.3 is 24.1 Å². The first kappa shape index (κ1) is 34.5. The summed E-state index contributed by atoms with van der Waals surface area (Å²) in [6, 6.07) is 7.55. The summed E-state index contributed by atoms with van der Waals surface area (Å²) in [7, 11) is 0. The number of hydrogen-bond donors (Lipinski definition) is 2. The summed E-state index contributed by atoms with van der Waals surface area (Å²) in [6.07, 6.45) is 1.80. The molecule has 0 radical (unpaired) electrons. The summed E-state index contributed by atoms with van der Waals surface area (Å²) in [4.78, 5) is 58.4. The van der Waals surface area contributed by atoms with Crippen LogP contribution in [0.4, 0.5) is 15.3 Å². The fraction of sp³-hybridized carbons (Fsp3) is 0.452. The van der Waals surface area contributed by atoms with E-state index in [0.29, 0.717) is 17.6 Å². The molecule has 3 aromatic rings. The molecule has 45 heavy (non-hydrogen) atoms. The van der Waals surface area contributed by atoms with Gasteiger partial charge < -0.3 is 18.9 Å². The van der Waals surface area contributed by atoms with Gasteiger partial charge in [0, 0.05) is 12.6 Å². The topological polar surface area (TPSA) is 172 Å². The molecule has 2 N–H and O–H groups in total. The van der Waals surface area contributed by atoms with E-state index in [1.165, 1.54) is 35.1 Å². The molecule has 2 aromatic heterocycles. The molecule has 14 heteroatoms. The highest BCUT2D eigenvalue weighted by atomic mass is 16.6. The first-order chi connectivity index (χ1) is 20.8. The lowest BCUT2D eigenvalue weighted by Crippen LogP contribution is -2.47. The molecule has 0 atom stereocenters. The highest BCUT2D eigenvalue weighted by Crippen LogP contribution is 2.23. The number of aliphatic imine (C=N–C) groups is 1. The van der Waals surface area contributed by atoms with Crippen molar-refractivity contribution in [3.63, 3.8) is 0 Å². The molecular weight excluding hydrogens is 584 g/mol. The fourth-order valence-corrected chi connectivity index (χ4v) is 3.65. The van der Waals surface area contributed by atoms with Crippen molar-refractivity contribution in [1.29, 1.82) is 0 Å². The molecule has 2 amide bonds. The van der Waals surface area contributed by atoms with Crippen molar-refractivity contribution >= 4 is 41.4 Å². The lowest BCUT2D eigenvalue weighted by atomic mass is 10.1. The highest BCUT2D eigenvalue weighted by molar-refractivity contribution is 6.02. The second-order valence-corrected chi connectivity index (χ2v) is 13.0. The van der Waals surface area contributed by atoms with Gasteiger partial charge in [-0.25, -0.2) is 28.9 Å². The number of carbonyl (C=O) groups excluding carboxylic acids is 4. The number of aromatic nitrogens is 3. The maximum atomic E-state index is 13.1. The third kappa shape index (κ3) is 11.9. The molecular formula is C31H40N6O8. The quantitative estimate of drug-likeness (QED) is 0.159. The third-order valence-corrected chi connectivity index (χ3v) is 5.22. The van der Waals surface area contributed by atoms with Gasteiger partial charge in [-0.2, -0.15) is 5.10 Å². The van der Waals surface area contributed by atoms with Crippen LogP contribution >= 0.6 is 0 Å². The smallest absolute Gasteiger partial charge is 0.414 e. The number of guanidine groups is 1. The first-order valence-electron chi connectivity index (χ1n) is 14.2. The van der Waals surface area contributed by atoms with Gasteiger partial charge in [0.05, 0.1) is 11.3 Å². The predicted octanol–water partition coefficient (Wildman–Crippen LogP) is 5.26. The predicted molar refractivity (Wildman–Crippen MR) is 164 cm³/mol. The number of benzene rings is 1. The summed E-state index contributed by atoms with van der Waals surface area (Å²) in [5.74, 6) is -1.12. The Morgan fingerprint density at radius 2 is 1.38 bits per heavy atom. The summed E-state index contributed by atoms with van der Waals surface area (Å²) in [5, 5.41) is 8.93. The van der Waals surface area contributed by atoms with Crippen molar-refractivity contribution in [3.8, 4) is 5.75 Å². The van der Waals surface area contributed by atoms with E-state index >= 15 is 0 Å². The van der Waals surface area contributed by atoms with Crippen molar-refractivity contribution < 1.29 is 38.1 Å². The van der Waals surface area contributed by atoms with Crippen molar-refractivity contribution in [2.24, 2.45) is 4.99 Å². The number of ether oxygens (including phenoxy) is 4. The molecule has 0 aliphatic carbocycles. The van der Waals surface area contributed by atoms with Gasteiger partial charge in [0.1, 0.15) is 23.1 Å². The van der Waals surface area contributed by atoms with Crippen LogP contribution in [0.25, 0.3) is 5.65 Å². The van der Waals surface area contributed by atoms with Crippen LogP contribution in [0.15, 0.2) is 47.8 Å². The van der Waals surface area contributed by atoms with Gasteiger partial charge in [-0.05, 0) is 105 Å². The number of nitrogens with one attached hydrogen (secondary N) is 2. The van der Waals surface area contributed by atoms with E-state index in [4.69, 9.17) is 18.9 Å². The Bertz CT molecular complexity index is 1540. The molecule has 0 fully saturated rings. The van der Waals surface area contributed by atoms with E-state index in [1.807, 2.05) is 0 Å². The molecule has 1 aromatic carbocycles. The normalized spacial score (nSPS) is 11.8. The molecule has 0 saturated carbocycles. The monoisotopic (exact) mass is 624 g/mol. The summed E-state index contributed by atoms with van der Waals surface area (Å²) in [6.45, 7) is 15.5. The number of nitrogens with zero attached hydrogens (tertiary/aromatic N) is 4. The van der Waals surface area contributed by atoms with E-state index in [9.17, 15) is 19.2 Å². The average molecular weight is 625 g/mol. The standard InChI is InChI=1S/C31H40N6O8/c1-29(2,3)43-23(38)15-10-19-16-22(24-32-18-33-37(24)17-19)42-25(39)20-11-13-21(14-12-20)34-26(35-27(40)44-30(4,5)6)36-28(41)45-31(7,8)9/h11-14,16-18H,10,15H2,1-9H3,(H2,34,35,36,40,41). The van der Waals surface area contributed by atoms with E-state index in [1.54, 1.807) is 74.6 Å². The number of fused-ring (bicyclic) bond motifs is 1. The van der Waals surface area contributed by atoms with Crippen LogP contribution in [0.2, 0.25) is 0 Å². The van der Waals surface area contributed by atoms with Gasteiger partial charge in [0.15, 0.2) is 11.4 Å². The number of aryl methyl sites for hydroxylation is 1. The van der Waals surface area contributed by atoms with Crippen LogP contribution < -0.4 is 15.4 Å². The lowest BCUT2D eigenvalue weighted by molar-refractivity contribution is -0.154. The van der Waals surface area contributed by atoms with E-state index in [0.717, 1.165) is 0 Å². The maximum absolute atomic E-state index is 13.1. The van der Waals surface area contributed by atoms with Crippen LogP contribution in [0.5, 0.6) is 5.75 Å². The van der Waals surface area contributed by atoms with E-state index in [2.05, 4.69) is 25.7 Å². The third-order valence-electron chi connectivity index (χ3n) is 5.22. The Hall–Kier alpha value is -5.01. The van der Waals surface area contributed by atoms with Gasteiger partial charge in [-0.15, -0.1) is 0 Å². The number of pyridine rings is 1. The Morgan fingerprint density at radius 3 is 1.91 bits per heavy atom. The summed E-state index contributed by atoms with van der Waals surface area (Å²) < 4.78 is 23.0. The average Bonchev–Trinajstić information content (AvgIpc) is 3.33. The fourth-order valence-electron chi connectivity index (χ4n) is 3.65. The van der Waals surface area contributed by atoms with Crippen LogP contribution in [0, 0.1) is 0 Å². The van der Waals surface area contributed by atoms with Crippen LogP contribution in [-0.4, -0.2) is 61.5 Å². The maximum Gasteiger partial charge on any atom is 0.414 e. The highest BCUT2D eigenvalue weighted by Gasteiger charge is 2.22. The molecule has 0 aliphatic rings. The van der Waals surface area contributed by atoms with E-state index in [-0.39, 0.29) is 35.4 Å². The second-order valence-electron chi connectivity index (χ2n) is 13.0. The second kappa shape index (κ2) is 13.7. The zero-order valence-corrected chi connectivity index (χ0v) is 27.0. The molecule has 0 spiro atoms. The van der Waals surface area contributed by atoms with Crippen molar-refractivity contribution in [2.75, 3.05) is 0 Å². The molecule has 242 valence electrons. The van der Waals surface area contributed by atoms with Crippen LogP contribution in [0.1, 0.15) is 84.7 Å². The van der Waals surface area contributed by atoms with Crippen molar-refractivity contribution in [3.05, 3.63) is 54.0 Å². The minimum absolute atomic E-state index is 0.125. The molecule has 0 bridgehead atoms. The zero-order chi connectivity index (χ0) is 33.6. The lowest BCUT2D eigenvalue weighted by Gasteiger charge is -2.22. The van der Waals surface area contributed by atoms with Gasteiger partial charge in [-0.3, -0.25) is 15.4 Å². The SMILES string of the molecule is CC(C)(C)OC(=O)CCc1cc(OC(=O)c2ccc(N=C(NC(=O)OC(C)(C)C)NC(=O)OC(C)(C)C)cc2)c2ncnn2c1. The first-order valence-corrected chi connectivity index (χ1v) is 14.2. The largest absolute Gasteiger partial charge is 0.460 e. The Labute approximate surface area is 261 Å². The van der Waals surface area contributed by atoms with Gasteiger partial charge in [0.25, 0.3) is 0 Å². The Balaban J connectivity index is 1.77. The van der Waals surface area contributed by atoms with Crippen molar-refractivity contribution in [1.82, 2.24) is 25.2 Å². The number of rotatable bonds is 6. The van der Waals surface area contributed by atoms with Crippen LogP contribution in [-0.2, 0) is 25.4 Å². The Kier molecular flexibility index (Phi) is 10.5. The van der Waals surface area contributed by atoms with Crippen molar-refractivity contribution in [2.45, 2.75) is 92.0 Å². The van der Waals surface area contributed by atoms with Crippen LogP contribution in [0.3, 0.4) is 0 Å². The molecule has 2 heterocycles. The number of alkyl carbamates (subject to hydrolysis) is 2. The molecule has 0 unspecified atom stereocenters. The minimum atomic E-state index is -0.842. The molecule has 0 aliphatic heterocycles. The summed E-state index contributed by atoms with van der Waals surface area (Å²) >= 11 is 0. The molecule has 14 nitrogen and oxygen atoms in total. The minimum Gasteiger partial charge on any atom is -0.460 e. The molecule has 3 rings (SSSR count). The van der Waals surface area contributed by atoms with Gasteiger partial charge in [-0.1, -0.05) is 0 Å². The number of carbonyl (C=O) groups is 4. The number of amides is 2. The number of hydrogen-bond acceptors (Lipinski definition) is 11. The molecule has 0 saturated heterocycles. The summed E-state index contributed by atoms with van der Waals surface area (Å²) in [5.41, 5.74) is -0.702. The number of esters is 2. The Morgan fingerprint density at radius 1 is 0.822 bits per heavy atom.